The highest BCUT2D eigenvalue weighted by Crippen LogP contribution is 2.34. The van der Waals surface area contributed by atoms with E-state index in [1.54, 1.807) is 18.2 Å². The molecule has 3 rings (SSSR count). The molecule has 16 heteroatoms. The van der Waals surface area contributed by atoms with Crippen molar-refractivity contribution in [3.05, 3.63) is 60.0 Å². The van der Waals surface area contributed by atoms with Crippen LogP contribution in [0.2, 0.25) is 0 Å². The largest absolute Gasteiger partial charge is 0.421 e. The number of ketones is 1. The minimum absolute atomic E-state index is 0.108. The van der Waals surface area contributed by atoms with Gasteiger partial charge in [0, 0.05) is 23.8 Å². The van der Waals surface area contributed by atoms with Gasteiger partial charge in [-0.2, -0.15) is 18.2 Å². The summed E-state index contributed by atoms with van der Waals surface area (Å²) in [6.07, 6.45) is -2.83. The maximum Gasteiger partial charge on any atom is 0.421 e. The van der Waals surface area contributed by atoms with Crippen LogP contribution in [0.1, 0.15) is 25.1 Å². The summed E-state index contributed by atoms with van der Waals surface area (Å²) in [7, 11) is -3.65. The molecule has 0 aliphatic carbocycles. The first-order valence-corrected chi connectivity index (χ1v) is 13.0. The van der Waals surface area contributed by atoms with Crippen molar-refractivity contribution < 1.29 is 31.2 Å². The first kappa shape index (κ1) is 29.1. The number of primary amides is 1. The molecule has 0 fully saturated rings. The number of Topliss-reactive ketones (excluding diaryl/α,β-unsaturated/α-hetero) is 1. The Morgan fingerprint density at radius 3 is 2.46 bits per heavy atom. The van der Waals surface area contributed by atoms with Gasteiger partial charge >= 0.3 is 6.18 Å². The number of benzene rings is 1. The predicted molar refractivity (Wildman–Crippen MR) is 139 cm³/mol. The van der Waals surface area contributed by atoms with Crippen LogP contribution in [-0.2, 0) is 32.3 Å². The molecule has 2 aromatic heterocycles. The summed E-state index contributed by atoms with van der Waals surface area (Å²) in [6, 6.07) is 7.81. The van der Waals surface area contributed by atoms with Gasteiger partial charge in [0.2, 0.25) is 21.9 Å². The third-order valence-electron chi connectivity index (χ3n) is 5.17. The zero-order valence-electron chi connectivity index (χ0n) is 20.7. The number of pyridine rings is 1. The van der Waals surface area contributed by atoms with Gasteiger partial charge in [-0.05, 0) is 44.2 Å². The Balaban J connectivity index is 1.86. The zero-order chi connectivity index (χ0) is 28.8. The van der Waals surface area contributed by atoms with E-state index in [0.29, 0.717) is 17.6 Å². The van der Waals surface area contributed by atoms with Gasteiger partial charge in [-0.1, -0.05) is 6.07 Å². The molecule has 0 spiro atoms. The summed E-state index contributed by atoms with van der Waals surface area (Å²) in [4.78, 5) is 34.9. The Hall–Kier alpha value is -4.47. The summed E-state index contributed by atoms with van der Waals surface area (Å²) in [5.41, 5.74) is 5.00. The number of carbonyl (C=O) groups is 2. The number of nitrogens with zero attached hydrogens (tertiary/aromatic N) is 3. The molecule has 1 aromatic carbocycles. The molecule has 0 aliphatic heterocycles. The van der Waals surface area contributed by atoms with Crippen LogP contribution in [0.15, 0.2) is 48.8 Å². The van der Waals surface area contributed by atoms with Crippen molar-refractivity contribution in [2.75, 3.05) is 26.4 Å². The first-order valence-electron chi connectivity index (χ1n) is 11.3. The molecule has 2 heterocycles. The molecular weight excluding hydrogens is 541 g/mol. The molecule has 0 radical (unpaired) electrons. The van der Waals surface area contributed by atoms with Crippen molar-refractivity contribution in [1.82, 2.24) is 15.0 Å². The van der Waals surface area contributed by atoms with Crippen molar-refractivity contribution in [3.63, 3.8) is 0 Å². The highest BCUT2D eigenvalue weighted by Gasteiger charge is 2.35. The van der Waals surface area contributed by atoms with Crippen molar-refractivity contribution >= 4 is 50.5 Å². The molecule has 208 valence electrons. The second-order valence-corrected chi connectivity index (χ2v) is 10.1. The lowest BCUT2D eigenvalue weighted by molar-refractivity contribution is -0.137. The van der Waals surface area contributed by atoms with Crippen molar-refractivity contribution in [1.29, 1.82) is 0 Å². The monoisotopic (exact) mass is 566 g/mol. The number of aromatic nitrogens is 3. The van der Waals surface area contributed by atoms with Gasteiger partial charge in [0.05, 0.1) is 23.7 Å². The van der Waals surface area contributed by atoms with Crippen LogP contribution in [0.25, 0.3) is 0 Å². The van der Waals surface area contributed by atoms with Gasteiger partial charge in [0.25, 0.3) is 0 Å². The lowest BCUT2D eigenvalue weighted by atomic mass is 10.1. The fourth-order valence-corrected chi connectivity index (χ4v) is 3.88. The molecule has 3 aromatic rings. The lowest BCUT2D eigenvalue weighted by Gasteiger charge is -2.17. The third kappa shape index (κ3) is 8.00. The molecule has 0 saturated carbocycles. The number of nitrogens with two attached hydrogens (primary N) is 1. The predicted octanol–water partition coefficient (Wildman–Crippen LogP) is 2.86. The first-order chi connectivity index (χ1) is 18.3. The van der Waals surface area contributed by atoms with E-state index < -0.39 is 45.3 Å². The van der Waals surface area contributed by atoms with Gasteiger partial charge in [0.1, 0.15) is 11.4 Å². The van der Waals surface area contributed by atoms with Crippen molar-refractivity contribution in [2.45, 2.75) is 32.6 Å². The minimum atomic E-state index is -4.79. The second-order valence-electron chi connectivity index (χ2n) is 8.11. The van der Waals surface area contributed by atoms with Gasteiger partial charge in [-0.15, -0.1) is 0 Å². The fourth-order valence-electron chi connectivity index (χ4n) is 3.22. The van der Waals surface area contributed by atoms with Crippen molar-refractivity contribution in [2.24, 2.45) is 5.73 Å². The van der Waals surface area contributed by atoms with Crippen LogP contribution < -0.4 is 26.4 Å². The molecule has 1 amide bonds. The fraction of sp³-hybridized carbons (Fsp3) is 0.261. The number of nitrogens with one attached hydrogen (secondary N) is 4. The van der Waals surface area contributed by atoms with Crippen LogP contribution in [0.5, 0.6) is 0 Å². The molecule has 1 atom stereocenters. The number of hydrogen-bond donors (Lipinski definition) is 5. The standard InChI is InChI=1S/C23H25F3N8O4S/c1-3-39(37,38)34-17-8-5-9-28-18(17)12-29-21-16(23(24,25)26)11-30-22(33-21)32-15-7-4-6-14(10-15)31-19(13(2)35)20(27)36/h4-11,19,31,34H,3,12H2,1-2H3,(H2,27,36)(H2,29,30,32,33). The maximum atomic E-state index is 13.7. The average molecular weight is 567 g/mol. The van der Waals surface area contributed by atoms with E-state index >= 15 is 0 Å². The SMILES string of the molecule is CCS(=O)(=O)Nc1cccnc1CNc1nc(Nc2cccc(NC(C(C)=O)C(N)=O)c2)ncc1C(F)(F)F. The van der Waals surface area contributed by atoms with Crippen LogP contribution in [-0.4, -0.2) is 46.9 Å². The van der Waals surface area contributed by atoms with Gasteiger partial charge in [-0.3, -0.25) is 19.3 Å². The topological polar surface area (TPSA) is 181 Å². The van der Waals surface area contributed by atoms with E-state index in [4.69, 9.17) is 5.73 Å². The van der Waals surface area contributed by atoms with Crippen LogP contribution in [0.3, 0.4) is 0 Å². The average Bonchev–Trinajstić information content (AvgIpc) is 2.86. The zero-order valence-corrected chi connectivity index (χ0v) is 21.5. The van der Waals surface area contributed by atoms with E-state index in [9.17, 15) is 31.2 Å². The quantitative estimate of drug-likeness (QED) is 0.205. The van der Waals surface area contributed by atoms with E-state index in [0.717, 1.165) is 0 Å². The number of halogens is 3. The molecule has 6 N–H and O–H groups in total. The Morgan fingerprint density at radius 2 is 1.82 bits per heavy atom. The number of rotatable bonds is 12. The summed E-state index contributed by atoms with van der Waals surface area (Å²) in [5.74, 6) is -2.35. The van der Waals surface area contributed by atoms with Gasteiger partial charge < -0.3 is 21.7 Å². The summed E-state index contributed by atoms with van der Waals surface area (Å²) in [5, 5.41) is 8.01. The molecule has 0 aliphatic rings. The number of alkyl halides is 3. The number of carbonyl (C=O) groups excluding carboxylic acids is 2. The molecule has 0 saturated heterocycles. The smallest absolute Gasteiger partial charge is 0.368 e. The van der Waals surface area contributed by atoms with E-state index in [2.05, 4.69) is 35.6 Å². The van der Waals surface area contributed by atoms with Gasteiger partial charge in [-0.25, -0.2) is 13.4 Å². The molecule has 12 nitrogen and oxygen atoms in total. The van der Waals surface area contributed by atoms with Crippen molar-refractivity contribution in [3.8, 4) is 0 Å². The normalized spacial score (nSPS) is 12.3. The third-order valence-corrected chi connectivity index (χ3v) is 6.46. The number of hydrogen-bond acceptors (Lipinski definition) is 10. The van der Waals surface area contributed by atoms with E-state index in [-0.39, 0.29) is 29.6 Å². The van der Waals surface area contributed by atoms with E-state index in [1.807, 2.05) is 0 Å². The van der Waals surface area contributed by atoms with Crippen LogP contribution in [0.4, 0.5) is 42.0 Å². The van der Waals surface area contributed by atoms with Gasteiger partial charge in [0.15, 0.2) is 11.8 Å². The molecular formula is C23H25F3N8O4S. The highest BCUT2D eigenvalue weighted by atomic mass is 32.2. The maximum absolute atomic E-state index is 13.7. The molecule has 1 unspecified atom stereocenters. The number of sulfonamides is 1. The summed E-state index contributed by atoms with van der Waals surface area (Å²) < 4.78 is 67.3. The summed E-state index contributed by atoms with van der Waals surface area (Å²) in [6.45, 7) is 2.34. The van der Waals surface area contributed by atoms with E-state index in [1.165, 1.54) is 38.2 Å². The minimum Gasteiger partial charge on any atom is -0.368 e. The summed E-state index contributed by atoms with van der Waals surface area (Å²) >= 11 is 0. The lowest BCUT2D eigenvalue weighted by Crippen LogP contribution is -2.40. The Bertz CT molecular complexity index is 1450. The van der Waals surface area contributed by atoms with Crippen LogP contribution >= 0.6 is 0 Å². The Kier molecular flexibility index (Phi) is 8.90. The molecule has 0 bridgehead atoms. The van der Waals surface area contributed by atoms with Crippen LogP contribution in [0, 0.1) is 0 Å². The second kappa shape index (κ2) is 11.9. The Morgan fingerprint density at radius 1 is 1.10 bits per heavy atom. The number of amides is 1. The Labute approximate surface area is 221 Å². The number of anilines is 5. The molecule has 39 heavy (non-hydrogen) atoms. The highest BCUT2D eigenvalue weighted by molar-refractivity contribution is 7.92.